The Labute approximate surface area is 160 Å². The van der Waals surface area contributed by atoms with Crippen LogP contribution in [0.4, 0.5) is 5.69 Å². The smallest absolute Gasteiger partial charge is 0.294 e. The standard InChI is InChI=1S/C21H20N4O3/c26-16-7-3-2-6-15(16)25-11-9-24(10-12-25)13-18-22-19-14-5-1-4-8-17(14)28-20(19)21(27)23-18/h1-8,26H,9-13H2,(H,22,23,27)/p+1. The van der Waals surface area contributed by atoms with Gasteiger partial charge in [-0.25, -0.2) is 4.98 Å². The van der Waals surface area contributed by atoms with Gasteiger partial charge >= 0.3 is 0 Å². The molecule has 3 heterocycles. The number of fused-ring (bicyclic) bond motifs is 3. The minimum Gasteiger partial charge on any atom is -0.506 e. The van der Waals surface area contributed by atoms with E-state index in [1.807, 2.05) is 42.5 Å². The fourth-order valence-electron chi connectivity index (χ4n) is 3.94. The first kappa shape index (κ1) is 16.8. The Kier molecular flexibility index (Phi) is 4.02. The number of para-hydroxylation sites is 3. The number of quaternary nitrogens is 1. The van der Waals surface area contributed by atoms with Crippen LogP contribution in [0, 0.1) is 0 Å². The lowest BCUT2D eigenvalue weighted by Gasteiger charge is -2.33. The van der Waals surface area contributed by atoms with Gasteiger partial charge in [0.2, 0.25) is 5.58 Å². The third-order valence-corrected chi connectivity index (χ3v) is 5.39. The first-order valence-electron chi connectivity index (χ1n) is 9.46. The maximum absolute atomic E-state index is 12.5. The molecule has 0 radical (unpaired) electrons. The van der Waals surface area contributed by atoms with Crippen LogP contribution in [0.3, 0.4) is 0 Å². The van der Waals surface area contributed by atoms with Crippen LogP contribution < -0.4 is 15.4 Å². The monoisotopic (exact) mass is 377 g/mol. The molecule has 0 atom stereocenters. The van der Waals surface area contributed by atoms with Crippen molar-refractivity contribution in [2.24, 2.45) is 0 Å². The summed E-state index contributed by atoms with van der Waals surface area (Å²) >= 11 is 0. The van der Waals surface area contributed by atoms with E-state index in [4.69, 9.17) is 4.42 Å². The van der Waals surface area contributed by atoms with Crippen LogP contribution >= 0.6 is 0 Å². The van der Waals surface area contributed by atoms with Crippen LogP contribution in [0.5, 0.6) is 5.75 Å². The van der Waals surface area contributed by atoms with Crippen molar-refractivity contribution in [2.75, 3.05) is 31.1 Å². The summed E-state index contributed by atoms with van der Waals surface area (Å²) in [6.07, 6.45) is 0. The van der Waals surface area contributed by atoms with Crippen molar-refractivity contribution in [1.82, 2.24) is 9.97 Å². The van der Waals surface area contributed by atoms with E-state index in [9.17, 15) is 9.90 Å². The van der Waals surface area contributed by atoms with Crippen molar-refractivity contribution in [3.63, 3.8) is 0 Å². The maximum atomic E-state index is 12.5. The third kappa shape index (κ3) is 2.90. The number of rotatable bonds is 3. The van der Waals surface area contributed by atoms with E-state index in [0.29, 0.717) is 29.2 Å². The van der Waals surface area contributed by atoms with Crippen molar-refractivity contribution in [1.29, 1.82) is 0 Å². The number of phenols is 1. The SMILES string of the molecule is O=c1[nH]c(C[NH+]2CCN(c3ccccc3O)CC2)nc2c1oc1ccccc12. The summed E-state index contributed by atoms with van der Waals surface area (Å²) in [5.74, 6) is 0.990. The molecule has 28 heavy (non-hydrogen) atoms. The molecule has 1 fully saturated rings. The van der Waals surface area contributed by atoms with E-state index in [-0.39, 0.29) is 11.1 Å². The van der Waals surface area contributed by atoms with Gasteiger partial charge in [-0.05, 0) is 24.3 Å². The zero-order chi connectivity index (χ0) is 19.1. The van der Waals surface area contributed by atoms with Crippen molar-refractivity contribution < 1.29 is 14.4 Å². The highest BCUT2D eigenvalue weighted by molar-refractivity contribution is 6.01. The quantitative estimate of drug-likeness (QED) is 0.501. The highest BCUT2D eigenvalue weighted by atomic mass is 16.3. The minimum absolute atomic E-state index is 0.233. The summed E-state index contributed by atoms with van der Waals surface area (Å²) in [6, 6.07) is 15.0. The number of hydrogen-bond acceptors (Lipinski definition) is 5. The molecular weight excluding hydrogens is 356 g/mol. The van der Waals surface area contributed by atoms with E-state index >= 15 is 0 Å². The molecule has 3 N–H and O–H groups in total. The molecule has 0 bridgehead atoms. The van der Waals surface area contributed by atoms with Crippen LogP contribution in [0.1, 0.15) is 5.82 Å². The van der Waals surface area contributed by atoms with Gasteiger partial charge in [-0.1, -0.05) is 24.3 Å². The molecule has 2 aromatic carbocycles. The Hall–Kier alpha value is -3.32. The van der Waals surface area contributed by atoms with Crippen LogP contribution in [0.15, 0.2) is 57.7 Å². The van der Waals surface area contributed by atoms with Crippen molar-refractivity contribution in [3.05, 3.63) is 64.7 Å². The second-order valence-corrected chi connectivity index (χ2v) is 7.19. The first-order chi connectivity index (χ1) is 13.7. The molecular formula is C21H21N4O3+. The molecule has 5 rings (SSSR count). The number of furan rings is 1. The van der Waals surface area contributed by atoms with Crippen molar-refractivity contribution in [2.45, 2.75) is 6.54 Å². The predicted octanol–water partition coefficient (Wildman–Crippen LogP) is 1.28. The molecule has 4 aromatic rings. The molecule has 7 heteroatoms. The fourth-order valence-corrected chi connectivity index (χ4v) is 3.94. The Morgan fingerprint density at radius 1 is 1.11 bits per heavy atom. The third-order valence-electron chi connectivity index (χ3n) is 5.39. The van der Waals surface area contributed by atoms with Crippen LogP contribution in [-0.4, -0.2) is 41.3 Å². The second kappa shape index (κ2) is 6.69. The minimum atomic E-state index is -0.233. The van der Waals surface area contributed by atoms with Crippen LogP contribution in [-0.2, 0) is 6.54 Å². The topological polar surface area (TPSA) is 86.8 Å². The van der Waals surface area contributed by atoms with Gasteiger partial charge in [-0.2, -0.15) is 0 Å². The molecule has 142 valence electrons. The number of phenolic OH excluding ortho intramolecular Hbond substituents is 1. The lowest BCUT2D eigenvalue weighted by atomic mass is 10.2. The average Bonchev–Trinajstić information content (AvgIpc) is 3.09. The van der Waals surface area contributed by atoms with Gasteiger partial charge in [0.15, 0.2) is 5.82 Å². The normalized spacial score (nSPS) is 15.5. The fraction of sp³-hybridized carbons (Fsp3) is 0.238. The number of piperazine rings is 1. The van der Waals surface area contributed by atoms with Gasteiger partial charge in [-0.15, -0.1) is 0 Å². The van der Waals surface area contributed by atoms with Crippen molar-refractivity contribution >= 4 is 27.8 Å². The van der Waals surface area contributed by atoms with Gasteiger partial charge in [0.05, 0.1) is 31.9 Å². The summed E-state index contributed by atoms with van der Waals surface area (Å²) < 4.78 is 5.66. The number of aromatic hydroxyl groups is 1. The van der Waals surface area contributed by atoms with E-state index < -0.39 is 0 Å². The van der Waals surface area contributed by atoms with E-state index in [0.717, 1.165) is 37.3 Å². The second-order valence-electron chi connectivity index (χ2n) is 7.19. The molecule has 0 amide bonds. The lowest BCUT2D eigenvalue weighted by Crippen LogP contribution is -3.13. The Morgan fingerprint density at radius 3 is 2.68 bits per heavy atom. The van der Waals surface area contributed by atoms with Crippen molar-refractivity contribution in [3.8, 4) is 5.75 Å². The first-order valence-corrected chi connectivity index (χ1v) is 9.46. The number of H-pyrrole nitrogens is 1. The molecule has 1 saturated heterocycles. The maximum Gasteiger partial charge on any atom is 0.294 e. The summed E-state index contributed by atoms with van der Waals surface area (Å²) in [5.41, 5.74) is 2.23. The predicted molar refractivity (Wildman–Crippen MR) is 107 cm³/mol. The van der Waals surface area contributed by atoms with Gasteiger partial charge in [-0.3, -0.25) is 4.79 Å². The van der Waals surface area contributed by atoms with Crippen LogP contribution in [0.25, 0.3) is 22.1 Å². The molecule has 1 aliphatic heterocycles. The summed E-state index contributed by atoms with van der Waals surface area (Å²) in [6.45, 7) is 4.14. The number of nitrogens with zero attached hydrogens (tertiary/aromatic N) is 2. The lowest BCUT2D eigenvalue weighted by molar-refractivity contribution is -0.915. The largest absolute Gasteiger partial charge is 0.506 e. The van der Waals surface area contributed by atoms with E-state index in [1.165, 1.54) is 4.90 Å². The number of nitrogens with one attached hydrogen (secondary N) is 2. The summed E-state index contributed by atoms with van der Waals surface area (Å²) in [5, 5.41) is 10.9. The average molecular weight is 377 g/mol. The van der Waals surface area contributed by atoms with E-state index in [2.05, 4.69) is 14.9 Å². The number of aromatic amines is 1. The number of benzene rings is 2. The van der Waals surface area contributed by atoms with Gasteiger partial charge in [0, 0.05) is 5.39 Å². The summed E-state index contributed by atoms with van der Waals surface area (Å²) in [7, 11) is 0. The molecule has 0 saturated carbocycles. The molecule has 7 nitrogen and oxygen atoms in total. The molecule has 2 aromatic heterocycles. The highest BCUT2D eigenvalue weighted by Crippen LogP contribution is 2.26. The zero-order valence-electron chi connectivity index (χ0n) is 15.3. The molecule has 0 spiro atoms. The number of hydrogen-bond donors (Lipinski definition) is 3. The van der Waals surface area contributed by atoms with Gasteiger partial charge in [0.25, 0.3) is 5.56 Å². The Balaban J connectivity index is 1.36. The summed E-state index contributed by atoms with van der Waals surface area (Å²) in [4.78, 5) is 23.6. The number of aromatic nitrogens is 2. The molecule has 0 aliphatic carbocycles. The van der Waals surface area contributed by atoms with Crippen LogP contribution in [0.2, 0.25) is 0 Å². The van der Waals surface area contributed by atoms with Gasteiger partial charge < -0.3 is 24.3 Å². The van der Waals surface area contributed by atoms with E-state index in [1.54, 1.807) is 6.07 Å². The Bertz CT molecular complexity index is 1210. The highest BCUT2D eigenvalue weighted by Gasteiger charge is 2.23. The zero-order valence-corrected chi connectivity index (χ0v) is 15.3. The van der Waals surface area contributed by atoms with Gasteiger partial charge in [0.1, 0.15) is 23.4 Å². The number of anilines is 1. The molecule has 0 unspecified atom stereocenters. The Morgan fingerprint density at radius 2 is 1.86 bits per heavy atom. The molecule has 1 aliphatic rings.